The van der Waals surface area contributed by atoms with E-state index in [0.717, 1.165) is 57.7 Å². The number of ether oxygens (including phenoxy) is 2. The minimum atomic E-state index is -0.427. The van der Waals surface area contributed by atoms with Gasteiger partial charge in [-0.2, -0.15) is 0 Å². The first-order chi connectivity index (χ1) is 18.5. The lowest BCUT2D eigenvalue weighted by atomic mass is 9.87. The van der Waals surface area contributed by atoms with Crippen molar-refractivity contribution in [3.05, 3.63) is 107 Å². The minimum Gasteiger partial charge on any atom is -0.454 e. The van der Waals surface area contributed by atoms with E-state index in [1.807, 2.05) is 48.5 Å². The number of hydrogen-bond donors (Lipinski definition) is 1. The van der Waals surface area contributed by atoms with Crippen LogP contribution in [0.15, 0.2) is 79.3 Å². The normalized spacial score (nSPS) is 14.7. The Labute approximate surface area is 220 Å². The lowest BCUT2D eigenvalue weighted by molar-refractivity contribution is -0.120. The molecule has 0 radical (unpaired) electrons. The van der Waals surface area contributed by atoms with E-state index in [0.29, 0.717) is 13.0 Å². The molecule has 38 heavy (non-hydrogen) atoms. The first kappa shape index (κ1) is 23.9. The quantitative estimate of drug-likeness (QED) is 0.364. The van der Waals surface area contributed by atoms with Crippen LogP contribution in [-0.4, -0.2) is 28.5 Å². The fraction of sp³-hybridized carbons (Fsp3) is 0.226. The van der Waals surface area contributed by atoms with Gasteiger partial charge in [-0.15, -0.1) is 0 Å². The number of carbonyl (C=O) groups is 2. The summed E-state index contributed by atoms with van der Waals surface area (Å²) in [4.78, 5) is 33.7. The zero-order valence-electron chi connectivity index (χ0n) is 21.1. The van der Waals surface area contributed by atoms with Crippen molar-refractivity contribution in [2.45, 2.75) is 38.1 Å². The van der Waals surface area contributed by atoms with Crippen molar-refractivity contribution in [1.29, 1.82) is 0 Å². The third-order valence-corrected chi connectivity index (χ3v) is 7.39. The number of hydrogen-bond acceptors (Lipinski definition) is 6. The molecule has 2 heterocycles. The maximum Gasteiger partial charge on any atom is 0.271 e. The van der Waals surface area contributed by atoms with E-state index in [9.17, 15) is 9.59 Å². The number of fused-ring (bicyclic) bond motifs is 1. The van der Waals surface area contributed by atoms with Gasteiger partial charge in [-0.3, -0.25) is 14.6 Å². The summed E-state index contributed by atoms with van der Waals surface area (Å²) in [5.41, 5.74) is 6.16. The molecule has 7 heteroatoms. The summed E-state index contributed by atoms with van der Waals surface area (Å²) in [6, 6.07) is 20.2. The van der Waals surface area contributed by atoms with Crippen LogP contribution in [0.4, 0.5) is 0 Å². The van der Waals surface area contributed by atoms with Gasteiger partial charge in [-0.1, -0.05) is 48.5 Å². The fourth-order valence-corrected chi connectivity index (χ4v) is 4.98. The Kier molecular flexibility index (Phi) is 6.12. The Bertz CT molecular complexity index is 1510. The van der Waals surface area contributed by atoms with Crippen LogP contribution >= 0.6 is 0 Å². The minimum absolute atomic E-state index is 0.227. The van der Waals surface area contributed by atoms with Crippen LogP contribution in [0, 0.1) is 6.92 Å². The molecule has 2 aliphatic rings. The van der Waals surface area contributed by atoms with Gasteiger partial charge in [-0.25, -0.2) is 4.98 Å². The highest BCUT2D eigenvalue weighted by atomic mass is 16.7. The smallest absolute Gasteiger partial charge is 0.271 e. The van der Waals surface area contributed by atoms with Crippen molar-refractivity contribution < 1.29 is 19.1 Å². The maximum absolute atomic E-state index is 13.5. The highest BCUT2D eigenvalue weighted by molar-refractivity contribution is 5.95. The van der Waals surface area contributed by atoms with Crippen LogP contribution in [0.2, 0.25) is 0 Å². The molecule has 7 nitrogen and oxygen atoms in total. The zero-order chi connectivity index (χ0) is 26.1. The molecule has 0 atom stereocenters. The van der Waals surface area contributed by atoms with Crippen LogP contribution in [0.3, 0.4) is 0 Å². The molecule has 0 saturated heterocycles. The number of nitrogens with one attached hydrogen (secondary N) is 1. The summed E-state index contributed by atoms with van der Waals surface area (Å²) in [5, 5.41) is 2.87. The second-order valence-corrected chi connectivity index (χ2v) is 9.87. The van der Waals surface area contributed by atoms with Crippen LogP contribution in [-0.2, 0) is 23.2 Å². The number of carbonyl (C=O) groups excluding carboxylic acids is 2. The van der Waals surface area contributed by atoms with Crippen LogP contribution in [0.5, 0.6) is 11.5 Å². The number of aryl methyl sites for hydroxylation is 1. The number of ketones is 1. The van der Waals surface area contributed by atoms with Crippen molar-refractivity contribution in [3.63, 3.8) is 0 Å². The van der Waals surface area contributed by atoms with Gasteiger partial charge in [0.25, 0.3) is 5.91 Å². The molecule has 1 fully saturated rings. The van der Waals surface area contributed by atoms with Gasteiger partial charge in [0, 0.05) is 25.4 Å². The molecule has 4 aromatic rings. The Balaban J connectivity index is 1.14. The Hall–Kier alpha value is -4.52. The fourth-order valence-electron chi connectivity index (χ4n) is 4.98. The largest absolute Gasteiger partial charge is 0.454 e. The number of Topliss-reactive ketones (excluding diaryl/α,β-unsaturated/α-hetero) is 1. The van der Waals surface area contributed by atoms with Crippen molar-refractivity contribution in [2.75, 3.05) is 6.79 Å². The van der Waals surface area contributed by atoms with Crippen LogP contribution in [0.1, 0.15) is 45.6 Å². The number of amides is 1. The van der Waals surface area contributed by atoms with Gasteiger partial charge in [0.05, 0.1) is 11.6 Å². The van der Waals surface area contributed by atoms with E-state index in [2.05, 4.69) is 34.3 Å². The summed E-state index contributed by atoms with van der Waals surface area (Å²) in [6.07, 6.45) is 6.58. The lowest BCUT2D eigenvalue weighted by Gasteiger charge is -2.16. The average Bonchev–Trinajstić information content (AvgIpc) is 3.64. The Morgan fingerprint density at radius 1 is 0.921 bits per heavy atom. The molecule has 1 amide bonds. The second kappa shape index (κ2) is 9.74. The average molecular weight is 506 g/mol. The number of aromatic nitrogens is 2. The predicted molar refractivity (Wildman–Crippen MR) is 142 cm³/mol. The lowest BCUT2D eigenvalue weighted by Crippen LogP contribution is -2.23. The van der Waals surface area contributed by atoms with Gasteiger partial charge in [-0.05, 0) is 65.3 Å². The topological polar surface area (TPSA) is 90.4 Å². The molecule has 1 aliphatic carbocycles. The standard InChI is InChI=1S/C31H27N3O4/c1-20-2-3-22(15-29(35)31(10-11-31)24-8-9-27-28(16-24)38-19-37-27)14-25(20)23-6-4-21(5-7-23)17-34-30(36)26-18-32-12-13-33-26/h2-9,12-14,16,18H,10-11,15,17,19H2,1H3,(H,34,36). The van der Waals surface area contributed by atoms with Gasteiger partial charge in [0.15, 0.2) is 11.5 Å². The Morgan fingerprint density at radius 2 is 1.71 bits per heavy atom. The third kappa shape index (κ3) is 4.63. The van der Waals surface area contributed by atoms with Gasteiger partial charge in [0.2, 0.25) is 6.79 Å². The van der Waals surface area contributed by atoms with Gasteiger partial charge >= 0.3 is 0 Å². The van der Waals surface area contributed by atoms with Crippen molar-refractivity contribution >= 4 is 11.7 Å². The molecule has 1 saturated carbocycles. The molecule has 0 spiro atoms. The first-order valence-electron chi connectivity index (χ1n) is 12.7. The molecule has 0 bridgehead atoms. The number of rotatable bonds is 8. The molecule has 6 rings (SSSR count). The van der Waals surface area contributed by atoms with E-state index in [1.54, 1.807) is 0 Å². The van der Waals surface area contributed by atoms with Crippen molar-refractivity contribution in [2.24, 2.45) is 0 Å². The molecule has 1 N–H and O–H groups in total. The highest BCUT2D eigenvalue weighted by Gasteiger charge is 2.50. The molecule has 1 aliphatic heterocycles. The van der Waals surface area contributed by atoms with E-state index in [4.69, 9.17) is 9.47 Å². The number of nitrogens with zero attached hydrogens (tertiary/aromatic N) is 2. The molecule has 190 valence electrons. The first-order valence-corrected chi connectivity index (χ1v) is 12.7. The van der Waals surface area contributed by atoms with Gasteiger partial charge in [0.1, 0.15) is 11.5 Å². The number of benzene rings is 3. The van der Waals surface area contributed by atoms with Crippen molar-refractivity contribution in [1.82, 2.24) is 15.3 Å². The summed E-state index contributed by atoms with van der Waals surface area (Å²) >= 11 is 0. The van der Waals surface area contributed by atoms with Crippen molar-refractivity contribution in [3.8, 4) is 22.6 Å². The SMILES string of the molecule is Cc1ccc(CC(=O)C2(c3ccc4c(c3)OCO4)CC2)cc1-c1ccc(CNC(=O)c2cnccn2)cc1. The third-order valence-electron chi connectivity index (χ3n) is 7.39. The van der Waals surface area contributed by atoms with Crippen LogP contribution < -0.4 is 14.8 Å². The monoisotopic (exact) mass is 505 g/mol. The Morgan fingerprint density at radius 3 is 2.47 bits per heavy atom. The highest BCUT2D eigenvalue weighted by Crippen LogP contribution is 2.51. The second-order valence-electron chi connectivity index (χ2n) is 9.87. The molecular formula is C31H27N3O4. The summed E-state index contributed by atoms with van der Waals surface area (Å²) in [6.45, 7) is 2.69. The predicted octanol–water partition coefficient (Wildman–Crippen LogP) is 4.95. The van der Waals surface area contributed by atoms with Gasteiger partial charge < -0.3 is 14.8 Å². The molecule has 1 aromatic heterocycles. The summed E-state index contributed by atoms with van der Waals surface area (Å²) < 4.78 is 11.0. The maximum atomic E-state index is 13.5. The summed E-state index contributed by atoms with van der Waals surface area (Å²) in [7, 11) is 0. The van der Waals surface area contributed by atoms with Crippen LogP contribution in [0.25, 0.3) is 11.1 Å². The zero-order valence-corrected chi connectivity index (χ0v) is 21.1. The van der Waals surface area contributed by atoms with E-state index in [-0.39, 0.29) is 24.2 Å². The van der Waals surface area contributed by atoms with E-state index < -0.39 is 5.41 Å². The summed E-state index contributed by atoms with van der Waals surface area (Å²) in [5.74, 6) is 1.43. The molecule has 3 aromatic carbocycles. The molecule has 0 unspecified atom stereocenters. The molecular weight excluding hydrogens is 478 g/mol. The van der Waals surface area contributed by atoms with E-state index >= 15 is 0 Å². The van der Waals surface area contributed by atoms with E-state index in [1.165, 1.54) is 18.6 Å².